The lowest BCUT2D eigenvalue weighted by molar-refractivity contribution is 0.0992. The fraction of sp³-hybridized carbons (Fsp3) is 0.160. The normalized spacial score (nSPS) is 12.7. The number of hydrogen-bond acceptors (Lipinski definition) is 7. The first-order chi connectivity index (χ1) is 17.0. The molecular formula is C25H22N4O5S. The van der Waals surface area contributed by atoms with Crippen molar-refractivity contribution in [1.82, 2.24) is 9.97 Å². The monoisotopic (exact) mass is 490 g/mol. The molecular weight excluding hydrogens is 468 g/mol. The summed E-state index contributed by atoms with van der Waals surface area (Å²) in [5.74, 6) is 0.929. The molecule has 2 aromatic heterocycles. The number of aryl methyl sites for hydroxylation is 2. The lowest BCUT2D eigenvalue weighted by Crippen LogP contribution is -2.15. The van der Waals surface area contributed by atoms with Gasteiger partial charge in [0.2, 0.25) is 5.95 Å². The minimum Gasteiger partial charge on any atom is -0.486 e. The van der Waals surface area contributed by atoms with Crippen LogP contribution in [-0.2, 0) is 29.5 Å². The number of anilines is 2. The number of furan rings is 1. The van der Waals surface area contributed by atoms with Gasteiger partial charge in [-0.3, -0.25) is 4.79 Å². The molecule has 0 bridgehead atoms. The summed E-state index contributed by atoms with van der Waals surface area (Å²) in [6.07, 6.45) is 6.23. The zero-order chi connectivity index (χ0) is 24.3. The van der Waals surface area contributed by atoms with Crippen LogP contribution in [0.25, 0.3) is 0 Å². The van der Waals surface area contributed by atoms with Gasteiger partial charge in [-0.1, -0.05) is 6.07 Å². The Morgan fingerprint density at radius 3 is 2.54 bits per heavy atom. The van der Waals surface area contributed by atoms with Crippen LogP contribution in [0, 0.1) is 0 Å². The number of ether oxygens (including phenoxy) is 1. The minimum absolute atomic E-state index is 0.00643. The Kier molecular flexibility index (Phi) is 6.19. The largest absolute Gasteiger partial charge is 0.486 e. The first-order valence-corrected chi connectivity index (χ1v) is 12.5. The molecule has 178 valence electrons. The quantitative estimate of drug-likeness (QED) is 0.380. The Labute approximate surface area is 202 Å². The van der Waals surface area contributed by atoms with Gasteiger partial charge in [0.1, 0.15) is 18.1 Å². The van der Waals surface area contributed by atoms with Gasteiger partial charge in [-0.2, -0.15) is 0 Å². The molecule has 2 aromatic carbocycles. The van der Waals surface area contributed by atoms with E-state index in [2.05, 4.69) is 32.1 Å². The highest BCUT2D eigenvalue weighted by Gasteiger charge is 2.17. The van der Waals surface area contributed by atoms with Crippen molar-refractivity contribution in [3.63, 3.8) is 0 Å². The first-order valence-electron chi connectivity index (χ1n) is 11.0. The lowest BCUT2D eigenvalue weighted by atomic mass is 10.1. The van der Waals surface area contributed by atoms with Gasteiger partial charge in [0.05, 0.1) is 4.90 Å². The summed E-state index contributed by atoms with van der Waals surface area (Å²) in [4.78, 5) is 20.3. The number of nitrogens with one attached hydrogen (secondary N) is 2. The number of nitrogens with zero attached hydrogens (tertiary/aromatic N) is 2. The fourth-order valence-corrected chi connectivity index (χ4v) is 4.77. The Bertz CT molecular complexity index is 1450. The maximum absolute atomic E-state index is 12.6. The molecule has 35 heavy (non-hydrogen) atoms. The topological polar surface area (TPSA) is 123 Å². The second kappa shape index (κ2) is 9.59. The molecule has 10 heteroatoms. The molecule has 4 aromatic rings. The summed E-state index contributed by atoms with van der Waals surface area (Å²) in [7, 11) is -3.86. The van der Waals surface area contributed by atoms with Gasteiger partial charge in [-0.15, -0.1) is 0 Å². The van der Waals surface area contributed by atoms with Crippen LogP contribution in [0.4, 0.5) is 11.6 Å². The Balaban J connectivity index is 1.18. The van der Waals surface area contributed by atoms with Crippen LogP contribution in [0.2, 0.25) is 0 Å². The summed E-state index contributed by atoms with van der Waals surface area (Å²) in [6.45, 7) is 0.205. The third-order valence-electron chi connectivity index (χ3n) is 5.55. The van der Waals surface area contributed by atoms with E-state index in [1.807, 2.05) is 6.07 Å². The average molecular weight is 491 g/mol. The number of aromatic nitrogens is 2. The number of rotatable bonds is 8. The minimum atomic E-state index is -3.86. The van der Waals surface area contributed by atoms with Gasteiger partial charge >= 0.3 is 0 Å². The van der Waals surface area contributed by atoms with Crippen molar-refractivity contribution in [1.29, 1.82) is 0 Å². The van der Waals surface area contributed by atoms with Crippen LogP contribution in [-0.4, -0.2) is 24.3 Å². The van der Waals surface area contributed by atoms with Crippen LogP contribution < -0.4 is 14.8 Å². The van der Waals surface area contributed by atoms with E-state index in [0.717, 1.165) is 18.6 Å². The molecule has 0 radical (unpaired) electrons. The highest BCUT2D eigenvalue weighted by Crippen LogP contribution is 2.26. The Morgan fingerprint density at radius 2 is 1.74 bits per heavy atom. The van der Waals surface area contributed by atoms with Gasteiger partial charge < -0.3 is 14.5 Å². The molecule has 0 saturated carbocycles. The number of fused-ring (bicyclic) bond motifs is 1. The van der Waals surface area contributed by atoms with Crippen molar-refractivity contribution < 1.29 is 22.4 Å². The van der Waals surface area contributed by atoms with Crippen molar-refractivity contribution >= 4 is 27.6 Å². The number of carbonyl (C=O) groups excluding carboxylic acids is 1. The molecule has 0 unspecified atom stereocenters. The second-order valence-corrected chi connectivity index (χ2v) is 9.68. The molecule has 5 rings (SSSR count). The number of carbonyl (C=O) groups is 1. The standard InChI is InChI=1S/C25H22N4O5S/c30-24(23-12-9-21(34-23)16-33-20-8-5-17-3-1-4-18(17)15-20)28-19-6-10-22(11-7-19)35(31,32)29-25-26-13-2-14-27-25/h2,5-15H,1,3-4,16H2,(H,28,30)(H,26,27,29). The molecule has 0 aliphatic heterocycles. The van der Waals surface area contributed by atoms with Crippen LogP contribution in [0.15, 0.2) is 82.4 Å². The van der Waals surface area contributed by atoms with Crippen LogP contribution in [0.3, 0.4) is 0 Å². The third-order valence-corrected chi connectivity index (χ3v) is 6.89. The van der Waals surface area contributed by atoms with E-state index in [4.69, 9.17) is 9.15 Å². The molecule has 2 N–H and O–H groups in total. The van der Waals surface area contributed by atoms with E-state index < -0.39 is 15.9 Å². The van der Waals surface area contributed by atoms with Crippen molar-refractivity contribution in [2.45, 2.75) is 30.8 Å². The van der Waals surface area contributed by atoms with Crippen molar-refractivity contribution in [3.05, 3.63) is 95.7 Å². The van der Waals surface area contributed by atoms with Gasteiger partial charge in [-0.05, 0) is 85.0 Å². The van der Waals surface area contributed by atoms with E-state index in [0.29, 0.717) is 11.4 Å². The molecule has 1 aliphatic carbocycles. The lowest BCUT2D eigenvalue weighted by Gasteiger charge is -2.08. The molecule has 0 spiro atoms. The summed E-state index contributed by atoms with van der Waals surface area (Å²) in [6, 6.07) is 16.7. The smallest absolute Gasteiger partial charge is 0.291 e. The van der Waals surface area contributed by atoms with Crippen molar-refractivity contribution in [2.24, 2.45) is 0 Å². The Morgan fingerprint density at radius 1 is 0.971 bits per heavy atom. The van der Waals surface area contributed by atoms with Crippen molar-refractivity contribution in [2.75, 3.05) is 10.0 Å². The molecule has 1 amide bonds. The molecule has 0 atom stereocenters. The van der Waals surface area contributed by atoms with Gasteiger partial charge in [0.15, 0.2) is 5.76 Å². The summed E-state index contributed by atoms with van der Waals surface area (Å²) in [5, 5.41) is 2.69. The molecule has 9 nitrogen and oxygen atoms in total. The molecule has 2 heterocycles. The second-order valence-electron chi connectivity index (χ2n) is 8.00. The van der Waals surface area contributed by atoms with Gasteiger partial charge in [0.25, 0.3) is 15.9 Å². The van der Waals surface area contributed by atoms with Crippen molar-refractivity contribution in [3.8, 4) is 5.75 Å². The Hall–Kier alpha value is -4.18. The predicted molar refractivity (Wildman–Crippen MR) is 129 cm³/mol. The SMILES string of the molecule is O=C(Nc1ccc(S(=O)(=O)Nc2ncccn2)cc1)c1ccc(COc2ccc3c(c2)CCC3)o1. The number of amides is 1. The maximum Gasteiger partial charge on any atom is 0.291 e. The maximum atomic E-state index is 12.6. The van der Waals surface area contributed by atoms with E-state index in [-0.39, 0.29) is 23.2 Å². The van der Waals surface area contributed by atoms with Gasteiger partial charge in [-0.25, -0.2) is 23.1 Å². The van der Waals surface area contributed by atoms with Crippen LogP contribution >= 0.6 is 0 Å². The summed E-state index contributed by atoms with van der Waals surface area (Å²) >= 11 is 0. The fourth-order valence-electron chi connectivity index (χ4n) is 3.81. The zero-order valence-electron chi connectivity index (χ0n) is 18.6. The molecule has 1 aliphatic rings. The average Bonchev–Trinajstić information content (AvgIpc) is 3.53. The van der Waals surface area contributed by atoms with E-state index in [9.17, 15) is 13.2 Å². The first kappa shape index (κ1) is 22.6. The van der Waals surface area contributed by atoms with Crippen LogP contribution in [0.5, 0.6) is 5.75 Å². The zero-order valence-corrected chi connectivity index (χ0v) is 19.4. The number of benzene rings is 2. The van der Waals surface area contributed by atoms with E-state index >= 15 is 0 Å². The summed E-state index contributed by atoms with van der Waals surface area (Å²) < 4.78 is 38.7. The summed E-state index contributed by atoms with van der Waals surface area (Å²) in [5.41, 5.74) is 3.11. The van der Waals surface area contributed by atoms with E-state index in [1.54, 1.807) is 18.2 Å². The van der Waals surface area contributed by atoms with E-state index in [1.165, 1.54) is 54.2 Å². The number of sulfonamides is 1. The predicted octanol–water partition coefficient (Wildman–Crippen LogP) is 4.19. The highest BCUT2D eigenvalue weighted by molar-refractivity contribution is 7.92. The van der Waals surface area contributed by atoms with Crippen LogP contribution in [0.1, 0.15) is 33.9 Å². The molecule has 0 saturated heterocycles. The third kappa shape index (κ3) is 5.33. The highest BCUT2D eigenvalue weighted by atomic mass is 32.2. The van der Waals surface area contributed by atoms with Gasteiger partial charge in [0, 0.05) is 18.1 Å². The number of hydrogen-bond donors (Lipinski definition) is 2. The molecule has 0 fully saturated rings.